The number of benzene rings is 2. The number of amides is 1. The second-order valence-electron chi connectivity index (χ2n) is 6.14. The first-order chi connectivity index (χ1) is 12.8. The summed E-state index contributed by atoms with van der Waals surface area (Å²) in [6, 6.07) is 9.50. The lowest BCUT2D eigenvalue weighted by atomic mass is 10.2. The maximum Gasteiger partial charge on any atom is 0.255 e. The maximum absolute atomic E-state index is 13.5. The van der Waals surface area contributed by atoms with Crippen LogP contribution < -0.4 is 10.1 Å². The van der Waals surface area contributed by atoms with Crippen LogP contribution in [0.4, 0.5) is 10.1 Å². The fraction of sp³-hybridized carbons (Fsp3) is 0.278. The van der Waals surface area contributed by atoms with Gasteiger partial charge in [0.2, 0.25) is 10.0 Å². The summed E-state index contributed by atoms with van der Waals surface area (Å²) in [4.78, 5) is 12.4. The number of aliphatic hydroxyl groups excluding tert-OH is 1. The highest BCUT2D eigenvalue weighted by Crippen LogP contribution is 2.24. The van der Waals surface area contributed by atoms with Crippen molar-refractivity contribution in [2.24, 2.45) is 0 Å². The molecule has 1 amide bonds. The van der Waals surface area contributed by atoms with Gasteiger partial charge in [-0.1, -0.05) is 6.07 Å². The zero-order valence-electron chi connectivity index (χ0n) is 14.6. The number of halogens is 1. The molecule has 0 bridgehead atoms. The summed E-state index contributed by atoms with van der Waals surface area (Å²) in [6.45, 7) is 0.267. The third kappa shape index (κ3) is 4.10. The van der Waals surface area contributed by atoms with Crippen LogP contribution in [0.2, 0.25) is 0 Å². The first-order valence-corrected chi connectivity index (χ1v) is 9.68. The van der Waals surface area contributed by atoms with Gasteiger partial charge >= 0.3 is 0 Å². The van der Waals surface area contributed by atoms with Gasteiger partial charge in [0.05, 0.1) is 18.1 Å². The smallest absolute Gasteiger partial charge is 0.255 e. The van der Waals surface area contributed by atoms with E-state index in [2.05, 4.69) is 5.32 Å². The van der Waals surface area contributed by atoms with Crippen LogP contribution in [0.5, 0.6) is 5.75 Å². The van der Waals surface area contributed by atoms with Crippen LogP contribution in [-0.4, -0.2) is 50.0 Å². The number of hydrogen-bond acceptors (Lipinski definition) is 5. The fourth-order valence-corrected chi connectivity index (χ4v) is 4.36. The number of methoxy groups -OCH3 is 1. The van der Waals surface area contributed by atoms with Gasteiger partial charge in [-0.2, -0.15) is 4.31 Å². The number of β-amino-alcohol motifs (C(OH)–C–C–N with tert-alkyl or cyclic N) is 1. The van der Waals surface area contributed by atoms with Gasteiger partial charge in [0.25, 0.3) is 5.91 Å². The van der Waals surface area contributed by atoms with Crippen LogP contribution >= 0.6 is 0 Å². The van der Waals surface area contributed by atoms with E-state index in [1.54, 1.807) is 0 Å². The highest BCUT2D eigenvalue weighted by Gasteiger charge is 2.31. The van der Waals surface area contributed by atoms with Crippen molar-refractivity contribution in [2.45, 2.75) is 17.4 Å². The zero-order chi connectivity index (χ0) is 19.6. The van der Waals surface area contributed by atoms with Gasteiger partial charge in [-0.25, -0.2) is 12.8 Å². The molecule has 1 unspecified atom stereocenters. The Balaban J connectivity index is 1.82. The van der Waals surface area contributed by atoms with Gasteiger partial charge in [-0.05, 0) is 36.8 Å². The SMILES string of the molecule is COc1cc(NC(=O)c2cccc(S(=O)(=O)N3CCC(O)C3)c2)ccc1F. The van der Waals surface area contributed by atoms with Crippen molar-refractivity contribution in [1.29, 1.82) is 0 Å². The first kappa shape index (κ1) is 19.3. The average molecular weight is 394 g/mol. The number of carbonyl (C=O) groups excluding carboxylic acids is 1. The monoisotopic (exact) mass is 394 g/mol. The van der Waals surface area contributed by atoms with Gasteiger partial charge < -0.3 is 15.2 Å². The van der Waals surface area contributed by atoms with Gasteiger partial charge in [-0.3, -0.25) is 4.79 Å². The first-order valence-electron chi connectivity index (χ1n) is 8.24. The molecule has 1 aliphatic rings. The van der Waals surface area contributed by atoms with Crippen molar-refractivity contribution in [3.8, 4) is 5.75 Å². The quantitative estimate of drug-likeness (QED) is 0.807. The number of carbonyl (C=O) groups is 1. The van der Waals surface area contributed by atoms with Crippen molar-refractivity contribution in [2.75, 3.05) is 25.5 Å². The molecule has 9 heteroatoms. The van der Waals surface area contributed by atoms with E-state index < -0.39 is 27.9 Å². The number of rotatable bonds is 5. The molecule has 0 aliphatic carbocycles. The van der Waals surface area contributed by atoms with Crippen molar-refractivity contribution in [3.63, 3.8) is 0 Å². The van der Waals surface area contributed by atoms with Crippen LogP contribution in [0.25, 0.3) is 0 Å². The third-order valence-corrected chi connectivity index (χ3v) is 6.13. The molecule has 0 radical (unpaired) electrons. The predicted octanol–water partition coefficient (Wildman–Crippen LogP) is 1.84. The molecular formula is C18H19FN2O5S. The Morgan fingerprint density at radius 2 is 2.07 bits per heavy atom. The molecule has 2 N–H and O–H groups in total. The number of sulfonamides is 1. The van der Waals surface area contributed by atoms with E-state index in [1.807, 2.05) is 0 Å². The predicted molar refractivity (Wildman–Crippen MR) is 96.7 cm³/mol. The van der Waals surface area contributed by atoms with Gasteiger partial charge in [-0.15, -0.1) is 0 Å². The van der Waals surface area contributed by atoms with E-state index in [4.69, 9.17) is 4.74 Å². The van der Waals surface area contributed by atoms with Crippen molar-refractivity contribution < 1.29 is 27.4 Å². The molecule has 2 aromatic rings. The minimum absolute atomic E-state index is 0.0169. The number of aliphatic hydroxyl groups is 1. The van der Waals surface area contributed by atoms with Crippen LogP contribution in [0.15, 0.2) is 47.4 Å². The Labute approximate surface area is 156 Å². The van der Waals surface area contributed by atoms with Crippen molar-refractivity contribution in [3.05, 3.63) is 53.8 Å². The molecule has 1 atom stereocenters. The van der Waals surface area contributed by atoms with E-state index in [9.17, 15) is 22.7 Å². The van der Waals surface area contributed by atoms with E-state index in [1.165, 1.54) is 47.8 Å². The molecule has 1 fully saturated rings. The lowest BCUT2D eigenvalue weighted by molar-refractivity contribution is 0.102. The Morgan fingerprint density at radius 3 is 2.74 bits per heavy atom. The van der Waals surface area contributed by atoms with Crippen LogP contribution in [0.1, 0.15) is 16.8 Å². The second kappa shape index (κ2) is 7.63. The van der Waals surface area contributed by atoms with Crippen molar-refractivity contribution in [1.82, 2.24) is 4.31 Å². The van der Waals surface area contributed by atoms with E-state index >= 15 is 0 Å². The lowest BCUT2D eigenvalue weighted by Gasteiger charge is -2.16. The summed E-state index contributed by atoms with van der Waals surface area (Å²) in [5.41, 5.74) is 0.452. The average Bonchev–Trinajstić information content (AvgIpc) is 3.10. The molecule has 144 valence electrons. The Bertz CT molecular complexity index is 964. The molecule has 3 rings (SSSR count). The fourth-order valence-electron chi connectivity index (χ4n) is 2.82. The van der Waals surface area contributed by atoms with E-state index in [0.29, 0.717) is 12.1 Å². The largest absolute Gasteiger partial charge is 0.494 e. The van der Waals surface area contributed by atoms with Gasteiger partial charge in [0.15, 0.2) is 11.6 Å². The van der Waals surface area contributed by atoms with Crippen LogP contribution in [0.3, 0.4) is 0 Å². The Morgan fingerprint density at radius 1 is 1.30 bits per heavy atom. The van der Waals surface area contributed by atoms with Crippen LogP contribution in [0, 0.1) is 5.82 Å². The molecule has 1 saturated heterocycles. The molecule has 0 saturated carbocycles. The van der Waals surface area contributed by atoms with E-state index in [0.717, 1.165) is 6.07 Å². The normalized spacial score (nSPS) is 17.7. The number of nitrogens with zero attached hydrogens (tertiary/aromatic N) is 1. The maximum atomic E-state index is 13.5. The van der Waals surface area contributed by atoms with Gasteiger partial charge in [0.1, 0.15) is 0 Å². The standard InChI is InChI=1S/C18H19FN2O5S/c1-26-17-10-13(5-6-16(17)19)20-18(23)12-3-2-4-15(9-12)27(24,25)21-8-7-14(22)11-21/h2-6,9-10,14,22H,7-8,11H2,1H3,(H,20,23). The molecule has 1 aliphatic heterocycles. The number of ether oxygens (including phenoxy) is 1. The minimum Gasteiger partial charge on any atom is -0.494 e. The summed E-state index contributed by atoms with van der Waals surface area (Å²) in [6.07, 6.45) is -0.300. The molecule has 27 heavy (non-hydrogen) atoms. The summed E-state index contributed by atoms with van der Waals surface area (Å²) >= 11 is 0. The molecular weight excluding hydrogens is 375 g/mol. The van der Waals surface area contributed by atoms with E-state index in [-0.39, 0.29) is 29.3 Å². The van der Waals surface area contributed by atoms with Crippen LogP contribution in [-0.2, 0) is 10.0 Å². The van der Waals surface area contributed by atoms with Crippen molar-refractivity contribution >= 4 is 21.6 Å². The molecule has 2 aromatic carbocycles. The Kier molecular flexibility index (Phi) is 5.45. The Hall–Kier alpha value is -2.49. The second-order valence-corrected chi connectivity index (χ2v) is 8.07. The molecule has 7 nitrogen and oxygen atoms in total. The third-order valence-electron chi connectivity index (χ3n) is 4.27. The zero-order valence-corrected chi connectivity index (χ0v) is 15.4. The number of anilines is 1. The molecule has 0 aromatic heterocycles. The highest BCUT2D eigenvalue weighted by molar-refractivity contribution is 7.89. The summed E-state index contributed by atoms with van der Waals surface area (Å²) in [5, 5.41) is 12.2. The summed E-state index contributed by atoms with van der Waals surface area (Å²) in [5.74, 6) is -1.12. The molecule has 1 heterocycles. The van der Waals surface area contributed by atoms with Gasteiger partial charge in [0, 0.05) is 30.4 Å². The summed E-state index contributed by atoms with van der Waals surface area (Å²) < 4.78 is 44.8. The summed E-state index contributed by atoms with van der Waals surface area (Å²) in [7, 11) is -2.48. The highest BCUT2D eigenvalue weighted by atomic mass is 32.2. The molecule has 0 spiro atoms. The topological polar surface area (TPSA) is 95.9 Å². The lowest BCUT2D eigenvalue weighted by Crippen LogP contribution is -2.29. The number of hydrogen-bond donors (Lipinski definition) is 2. The minimum atomic E-state index is -3.79. The number of nitrogens with one attached hydrogen (secondary N) is 1.